The molecule has 1 rings (SSSR count). The van der Waals surface area contributed by atoms with Gasteiger partial charge in [0, 0.05) is 5.02 Å². The Morgan fingerprint density at radius 3 is 2.14 bits per heavy atom. The van der Waals surface area contributed by atoms with E-state index in [1.807, 2.05) is 31.2 Å². The molecule has 0 spiro atoms. The van der Waals surface area contributed by atoms with Crippen LogP contribution in [0.15, 0.2) is 24.3 Å². The van der Waals surface area contributed by atoms with Crippen LogP contribution in [0.4, 0.5) is 0 Å². The predicted molar refractivity (Wildman–Crippen MR) is 64.6 cm³/mol. The maximum absolute atomic E-state index is 5.95. The molecule has 0 heterocycles. The van der Waals surface area contributed by atoms with Crippen LogP contribution in [0.1, 0.15) is 31.7 Å². The van der Waals surface area contributed by atoms with Gasteiger partial charge < -0.3 is 0 Å². The largest absolute Gasteiger partial charge is 0.116 e. The fourth-order valence-corrected chi connectivity index (χ4v) is 2.04. The van der Waals surface area contributed by atoms with Gasteiger partial charge in [-0.1, -0.05) is 30.7 Å². The standard InChI is InChI=1S/C11H13Cl3/c1-8(7-11(2,13)14)9-3-5-10(12)6-4-9/h3-6,8H,7H2,1-2H3. The van der Waals surface area contributed by atoms with Crippen LogP contribution < -0.4 is 0 Å². The van der Waals surface area contributed by atoms with Gasteiger partial charge >= 0.3 is 0 Å². The second kappa shape index (κ2) is 4.74. The number of hydrogen-bond donors (Lipinski definition) is 0. The summed E-state index contributed by atoms with van der Waals surface area (Å²) in [6.45, 7) is 3.91. The molecule has 0 fully saturated rings. The average molecular weight is 252 g/mol. The molecule has 0 saturated carbocycles. The Labute approximate surface area is 100 Å². The minimum absolute atomic E-state index is 0.340. The summed E-state index contributed by atoms with van der Waals surface area (Å²) in [7, 11) is 0. The molecule has 78 valence electrons. The van der Waals surface area contributed by atoms with Crippen molar-refractivity contribution in [1.29, 1.82) is 0 Å². The van der Waals surface area contributed by atoms with E-state index in [2.05, 4.69) is 6.92 Å². The van der Waals surface area contributed by atoms with Gasteiger partial charge in [0.2, 0.25) is 0 Å². The highest BCUT2D eigenvalue weighted by atomic mass is 35.5. The van der Waals surface area contributed by atoms with Gasteiger partial charge in [0.15, 0.2) is 0 Å². The summed E-state index contributed by atoms with van der Waals surface area (Å²) in [5.74, 6) is 0.340. The van der Waals surface area contributed by atoms with E-state index in [0.717, 1.165) is 11.4 Å². The van der Waals surface area contributed by atoms with Gasteiger partial charge in [-0.3, -0.25) is 0 Å². The van der Waals surface area contributed by atoms with Gasteiger partial charge in [0.05, 0.1) is 0 Å². The Morgan fingerprint density at radius 2 is 1.71 bits per heavy atom. The molecule has 0 saturated heterocycles. The van der Waals surface area contributed by atoms with Crippen molar-refractivity contribution in [3.8, 4) is 0 Å². The summed E-state index contributed by atoms with van der Waals surface area (Å²) >= 11 is 17.7. The van der Waals surface area contributed by atoms with E-state index in [0.29, 0.717) is 5.92 Å². The second-order valence-electron chi connectivity index (χ2n) is 3.73. The van der Waals surface area contributed by atoms with Crippen LogP contribution in [0.3, 0.4) is 0 Å². The second-order valence-corrected chi connectivity index (χ2v) is 6.03. The zero-order valence-electron chi connectivity index (χ0n) is 8.23. The maximum atomic E-state index is 5.95. The topological polar surface area (TPSA) is 0 Å². The highest BCUT2D eigenvalue weighted by Gasteiger charge is 2.20. The van der Waals surface area contributed by atoms with E-state index in [1.165, 1.54) is 5.56 Å². The third-order valence-corrected chi connectivity index (χ3v) is 2.66. The summed E-state index contributed by atoms with van der Waals surface area (Å²) in [6, 6.07) is 7.78. The average Bonchev–Trinajstić information content (AvgIpc) is 2.02. The molecule has 0 N–H and O–H groups in total. The van der Waals surface area contributed by atoms with E-state index >= 15 is 0 Å². The Hall–Kier alpha value is 0.0900. The molecule has 1 aromatic carbocycles. The number of halogens is 3. The summed E-state index contributed by atoms with van der Waals surface area (Å²) in [4.78, 5) is 0. The molecular weight excluding hydrogens is 238 g/mol. The van der Waals surface area contributed by atoms with E-state index < -0.39 is 4.33 Å². The molecule has 0 aliphatic rings. The van der Waals surface area contributed by atoms with Gasteiger partial charge in [-0.2, -0.15) is 0 Å². The maximum Gasteiger partial charge on any atom is 0.116 e. The molecular formula is C11H13Cl3. The minimum Gasteiger partial charge on any atom is -0.102 e. The first kappa shape index (κ1) is 12.2. The summed E-state index contributed by atoms with van der Waals surface area (Å²) in [6.07, 6.45) is 0.734. The number of alkyl halides is 2. The van der Waals surface area contributed by atoms with Crippen LogP contribution in [-0.4, -0.2) is 4.33 Å². The van der Waals surface area contributed by atoms with E-state index in [1.54, 1.807) is 0 Å². The highest BCUT2D eigenvalue weighted by molar-refractivity contribution is 6.48. The van der Waals surface area contributed by atoms with Crippen molar-refractivity contribution in [2.45, 2.75) is 30.5 Å². The molecule has 1 aromatic rings. The van der Waals surface area contributed by atoms with Gasteiger partial charge in [0.1, 0.15) is 4.33 Å². The van der Waals surface area contributed by atoms with E-state index in [9.17, 15) is 0 Å². The lowest BCUT2D eigenvalue weighted by Gasteiger charge is -2.19. The zero-order chi connectivity index (χ0) is 10.8. The molecule has 0 aliphatic heterocycles. The van der Waals surface area contributed by atoms with E-state index in [4.69, 9.17) is 34.8 Å². The molecule has 0 aliphatic carbocycles. The summed E-state index contributed by atoms with van der Waals surface area (Å²) in [5.41, 5.74) is 1.21. The Morgan fingerprint density at radius 1 is 1.21 bits per heavy atom. The summed E-state index contributed by atoms with van der Waals surface area (Å²) < 4.78 is -0.668. The lowest BCUT2D eigenvalue weighted by molar-refractivity contribution is 0.636. The van der Waals surface area contributed by atoms with Crippen molar-refractivity contribution < 1.29 is 0 Å². The van der Waals surface area contributed by atoms with Gasteiger partial charge in [-0.25, -0.2) is 0 Å². The SMILES string of the molecule is CC(CC(C)(Cl)Cl)c1ccc(Cl)cc1. The quantitative estimate of drug-likeness (QED) is 0.661. The first-order valence-electron chi connectivity index (χ1n) is 4.52. The zero-order valence-corrected chi connectivity index (χ0v) is 10.5. The fraction of sp³-hybridized carbons (Fsp3) is 0.455. The lowest BCUT2D eigenvalue weighted by Crippen LogP contribution is -2.10. The molecule has 0 nitrogen and oxygen atoms in total. The summed E-state index contributed by atoms with van der Waals surface area (Å²) in [5, 5.41) is 0.750. The number of hydrogen-bond acceptors (Lipinski definition) is 0. The van der Waals surface area contributed by atoms with Crippen molar-refractivity contribution in [3.63, 3.8) is 0 Å². The molecule has 3 heteroatoms. The van der Waals surface area contributed by atoms with Crippen molar-refractivity contribution in [2.75, 3.05) is 0 Å². The first-order chi connectivity index (χ1) is 6.38. The number of benzene rings is 1. The number of rotatable bonds is 3. The van der Waals surface area contributed by atoms with Crippen LogP contribution in [-0.2, 0) is 0 Å². The molecule has 0 amide bonds. The smallest absolute Gasteiger partial charge is 0.102 e. The Balaban J connectivity index is 2.70. The minimum atomic E-state index is -0.668. The molecule has 0 radical (unpaired) electrons. The van der Waals surface area contributed by atoms with Crippen LogP contribution in [0.5, 0.6) is 0 Å². The third kappa shape index (κ3) is 4.08. The third-order valence-electron chi connectivity index (χ3n) is 2.10. The molecule has 14 heavy (non-hydrogen) atoms. The Bertz CT molecular complexity index is 284. The van der Waals surface area contributed by atoms with Crippen LogP contribution in [0.25, 0.3) is 0 Å². The Kier molecular flexibility index (Phi) is 4.12. The van der Waals surface area contributed by atoms with Crippen LogP contribution in [0.2, 0.25) is 5.02 Å². The molecule has 1 atom stereocenters. The van der Waals surface area contributed by atoms with Gasteiger partial charge in [-0.05, 0) is 37.0 Å². The van der Waals surface area contributed by atoms with Gasteiger partial charge in [-0.15, -0.1) is 23.2 Å². The van der Waals surface area contributed by atoms with Crippen molar-refractivity contribution in [2.24, 2.45) is 0 Å². The van der Waals surface area contributed by atoms with Crippen LogP contribution >= 0.6 is 34.8 Å². The normalized spacial score (nSPS) is 14.1. The molecule has 1 unspecified atom stereocenters. The molecule has 0 aromatic heterocycles. The van der Waals surface area contributed by atoms with E-state index in [-0.39, 0.29) is 0 Å². The van der Waals surface area contributed by atoms with Gasteiger partial charge in [0.25, 0.3) is 0 Å². The fourth-order valence-electron chi connectivity index (χ4n) is 1.45. The first-order valence-corrected chi connectivity index (χ1v) is 5.65. The highest BCUT2D eigenvalue weighted by Crippen LogP contribution is 2.33. The van der Waals surface area contributed by atoms with Crippen molar-refractivity contribution in [3.05, 3.63) is 34.9 Å². The van der Waals surface area contributed by atoms with Crippen molar-refractivity contribution >= 4 is 34.8 Å². The van der Waals surface area contributed by atoms with Crippen molar-refractivity contribution in [1.82, 2.24) is 0 Å². The monoisotopic (exact) mass is 250 g/mol. The molecule has 0 bridgehead atoms. The lowest BCUT2D eigenvalue weighted by atomic mass is 9.96. The van der Waals surface area contributed by atoms with Crippen LogP contribution in [0, 0.1) is 0 Å². The predicted octanol–water partition coefficient (Wildman–Crippen LogP) is 5.03.